The SMILES string of the molecule is COc1cccc(/C=N/NC(=O)Nc2ccc([N+](=O)[O-])cc2)c1O. The number of carbonyl (C=O) groups is 1. The Bertz CT molecular complexity index is 774. The first-order valence-corrected chi connectivity index (χ1v) is 6.71. The van der Waals surface area contributed by atoms with Crippen LogP contribution in [0.5, 0.6) is 11.5 Å². The van der Waals surface area contributed by atoms with Crippen molar-refractivity contribution in [2.75, 3.05) is 12.4 Å². The van der Waals surface area contributed by atoms with E-state index in [1.54, 1.807) is 18.2 Å². The average molecular weight is 330 g/mol. The third-order valence-electron chi connectivity index (χ3n) is 2.96. The van der Waals surface area contributed by atoms with Gasteiger partial charge in [0.1, 0.15) is 0 Å². The van der Waals surface area contributed by atoms with Crippen molar-refractivity contribution in [2.45, 2.75) is 0 Å². The maximum Gasteiger partial charge on any atom is 0.339 e. The standard InChI is InChI=1S/C15H14N4O5/c1-24-13-4-2-3-10(14(13)20)9-16-18-15(21)17-11-5-7-12(8-6-11)19(22)23/h2-9,20H,1H3,(H2,17,18,21)/b16-9+. The van der Waals surface area contributed by atoms with Gasteiger partial charge in [-0.1, -0.05) is 6.07 Å². The first-order chi connectivity index (χ1) is 11.5. The summed E-state index contributed by atoms with van der Waals surface area (Å²) >= 11 is 0. The Hall–Kier alpha value is -3.62. The molecule has 0 aliphatic carbocycles. The quantitative estimate of drug-likeness (QED) is 0.441. The summed E-state index contributed by atoms with van der Waals surface area (Å²) in [5, 5.41) is 26.6. The normalized spacial score (nSPS) is 10.4. The number of hydrazone groups is 1. The van der Waals surface area contributed by atoms with E-state index in [-0.39, 0.29) is 17.2 Å². The zero-order chi connectivity index (χ0) is 17.5. The molecule has 2 rings (SSSR count). The highest BCUT2D eigenvalue weighted by molar-refractivity contribution is 5.91. The van der Waals surface area contributed by atoms with Crippen LogP contribution in [0.25, 0.3) is 0 Å². The monoisotopic (exact) mass is 330 g/mol. The number of aromatic hydroxyl groups is 1. The van der Waals surface area contributed by atoms with Gasteiger partial charge in [0.2, 0.25) is 0 Å². The molecule has 9 nitrogen and oxygen atoms in total. The summed E-state index contributed by atoms with van der Waals surface area (Å²) in [5.41, 5.74) is 2.88. The molecule has 9 heteroatoms. The van der Waals surface area contributed by atoms with Crippen molar-refractivity contribution < 1.29 is 19.6 Å². The predicted molar refractivity (Wildman–Crippen MR) is 87.5 cm³/mol. The van der Waals surface area contributed by atoms with E-state index >= 15 is 0 Å². The number of carbonyl (C=O) groups excluding carboxylic acids is 1. The second-order valence-corrected chi connectivity index (χ2v) is 4.53. The van der Waals surface area contributed by atoms with Crippen molar-refractivity contribution in [1.29, 1.82) is 0 Å². The minimum Gasteiger partial charge on any atom is -0.504 e. The third kappa shape index (κ3) is 4.19. The summed E-state index contributed by atoms with van der Waals surface area (Å²) in [6, 6.07) is 9.54. The molecule has 0 saturated carbocycles. The number of hydrogen-bond acceptors (Lipinski definition) is 6. The van der Waals surface area contributed by atoms with Crippen molar-refractivity contribution in [3.8, 4) is 11.5 Å². The Balaban J connectivity index is 1.94. The summed E-state index contributed by atoms with van der Waals surface area (Å²) in [6.45, 7) is 0. The smallest absolute Gasteiger partial charge is 0.339 e. The summed E-state index contributed by atoms with van der Waals surface area (Å²) < 4.78 is 4.96. The van der Waals surface area contributed by atoms with Crippen molar-refractivity contribution >= 4 is 23.6 Å². The highest BCUT2D eigenvalue weighted by atomic mass is 16.6. The number of urea groups is 1. The van der Waals surface area contributed by atoms with Crippen LogP contribution in [0.15, 0.2) is 47.6 Å². The fourth-order valence-corrected chi connectivity index (χ4v) is 1.79. The number of phenolic OH excluding ortho intramolecular Hbond substituents is 1. The van der Waals surface area contributed by atoms with Gasteiger partial charge in [0.05, 0.1) is 18.2 Å². The van der Waals surface area contributed by atoms with Crippen LogP contribution < -0.4 is 15.5 Å². The molecule has 2 aromatic carbocycles. The lowest BCUT2D eigenvalue weighted by Gasteiger charge is -2.05. The maximum atomic E-state index is 11.7. The van der Waals surface area contributed by atoms with Crippen molar-refractivity contribution in [3.05, 3.63) is 58.1 Å². The van der Waals surface area contributed by atoms with Crippen LogP contribution in [0.4, 0.5) is 16.2 Å². The Kier molecular flexibility index (Phi) is 5.29. The number of nitrogens with one attached hydrogen (secondary N) is 2. The van der Waals surface area contributed by atoms with Crippen LogP contribution in [-0.4, -0.2) is 29.4 Å². The van der Waals surface area contributed by atoms with Gasteiger partial charge in [0.25, 0.3) is 5.69 Å². The van der Waals surface area contributed by atoms with E-state index in [0.717, 1.165) is 0 Å². The van der Waals surface area contributed by atoms with E-state index in [4.69, 9.17) is 4.74 Å². The van der Waals surface area contributed by atoms with Crippen molar-refractivity contribution in [2.24, 2.45) is 5.10 Å². The van der Waals surface area contributed by atoms with E-state index in [2.05, 4.69) is 15.8 Å². The van der Waals surface area contributed by atoms with Gasteiger partial charge in [-0.3, -0.25) is 10.1 Å². The van der Waals surface area contributed by atoms with E-state index < -0.39 is 11.0 Å². The molecule has 24 heavy (non-hydrogen) atoms. The van der Waals surface area contributed by atoms with Gasteiger partial charge in [0, 0.05) is 23.4 Å². The number of para-hydroxylation sites is 1. The van der Waals surface area contributed by atoms with Crippen molar-refractivity contribution in [3.63, 3.8) is 0 Å². The molecule has 0 aromatic heterocycles. The second-order valence-electron chi connectivity index (χ2n) is 4.53. The van der Waals surface area contributed by atoms with Crippen LogP contribution in [0.2, 0.25) is 0 Å². The molecule has 0 atom stereocenters. The van der Waals surface area contributed by atoms with Gasteiger partial charge >= 0.3 is 6.03 Å². The number of benzene rings is 2. The van der Waals surface area contributed by atoms with E-state index in [1.807, 2.05) is 0 Å². The van der Waals surface area contributed by atoms with E-state index in [9.17, 15) is 20.0 Å². The maximum absolute atomic E-state index is 11.7. The molecule has 0 aliphatic rings. The van der Waals surface area contributed by atoms with Crippen LogP contribution in [-0.2, 0) is 0 Å². The summed E-state index contributed by atoms with van der Waals surface area (Å²) in [6.07, 6.45) is 1.26. The Morgan fingerprint density at radius 3 is 2.62 bits per heavy atom. The fourth-order valence-electron chi connectivity index (χ4n) is 1.79. The Labute approximate surface area is 136 Å². The highest BCUT2D eigenvalue weighted by Crippen LogP contribution is 2.27. The van der Waals surface area contributed by atoms with Crippen LogP contribution in [0.1, 0.15) is 5.56 Å². The number of anilines is 1. The molecule has 0 fully saturated rings. The van der Waals surface area contributed by atoms with Gasteiger partial charge < -0.3 is 15.2 Å². The number of phenols is 1. The molecule has 0 heterocycles. The topological polar surface area (TPSA) is 126 Å². The number of hydrogen-bond donors (Lipinski definition) is 3. The van der Waals surface area contributed by atoms with Gasteiger partial charge in [-0.15, -0.1) is 0 Å². The average Bonchev–Trinajstić information content (AvgIpc) is 2.57. The lowest BCUT2D eigenvalue weighted by molar-refractivity contribution is -0.384. The first-order valence-electron chi connectivity index (χ1n) is 6.71. The molecule has 2 amide bonds. The minimum absolute atomic E-state index is 0.0764. The van der Waals surface area contributed by atoms with Gasteiger partial charge in [-0.25, -0.2) is 10.2 Å². The fraction of sp³-hybridized carbons (Fsp3) is 0.0667. The molecule has 2 aromatic rings. The number of methoxy groups -OCH3 is 1. The number of ether oxygens (including phenoxy) is 1. The first kappa shape index (κ1) is 16.7. The van der Waals surface area contributed by atoms with Crippen molar-refractivity contribution in [1.82, 2.24) is 5.43 Å². The van der Waals surface area contributed by atoms with Crippen LogP contribution in [0, 0.1) is 10.1 Å². The Morgan fingerprint density at radius 1 is 1.29 bits per heavy atom. The molecule has 124 valence electrons. The molecular formula is C15H14N4O5. The van der Waals surface area contributed by atoms with E-state index in [0.29, 0.717) is 11.3 Å². The molecule has 3 N–H and O–H groups in total. The summed E-state index contributed by atoms with van der Waals surface area (Å²) in [5.74, 6) is 0.190. The van der Waals surface area contributed by atoms with Gasteiger partial charge in [0.15, 0.2) is 11.5 Å². The largest absolute Gasteiger partial charge is 0.504 e. The highest BCUT2D eigenvalue weighted by Gasteiger charge is 2.07. The zero-order valence-electron chi connectivity index (χ0n) is 12.6. The predicted octanol–water partition coefficient (Wildman–Crippen LogP) is 2.46. The van der Waals surface area contributed by atoms with E-state index in [1.165, 1.54) is 37.6 Å². The lowest BCUT2D eigenvalue weighted by atomic mass is 10.2. The minimum atomic E-state index is -0.637. The number of nitro groups is 1. The molecule has 0 saturated heterocycles. The number of nitro benzene ring substituents is 1. The van der Waals surface area contributed by atoms with Gasteiger partial charge in [-0.05, 0) is 24.3 Å². The van der Waals surface area contributed by atoms with Crippen LogP contribution >= 0.6 is 0 Å². The molecule has 0 spiro atoms. The number of non-ortho nitro benzene ring substituents is 1. The summed E-state index contributed by atoms with van der Waals surface area (Å²) in [4.78, 5) is 21.7. The molecule has 0 unspecified atom stereocenters. The van der Waals surface area contributed by atoms with Gasteiger partial charge in [-0.2, -0.15) is 5.10 Å². The van der Waals surface area contributed by atoms with Crippen LogP contribution in [0.3, 0.4) is 0 Å². The third-order valence-corrected chi connectivity index (χ3v) is 2.96. The number of nitrogens with zero attached hydrogens (tertiary/aromatic N) is 2. The molecule has 0 aliphatic heterocycles. The molecule has 0 radical (unpaired) electrons. The Morgan fingerprint density at radius 2 is 2.00 bits per heavy atom. The molecular weight excluding hydrogens is 316 g/mol. The number of rotatable bonds is 5. The number of amides is 2. The zero-order valence-corrected chi connectivity index (χ0v) is 12.6. The molecule has 0 bridgehead atoms. The lowest BCUT2D eigenvalue weighted by Crippen LogP contribution is -2.24. The second kappa shape index (κ2) is 7.58. The summed E-state index contributed by atoms with van der Waals surface area (Å²) in [7, 11) is 1.42.